The van der Waals surface area contributed by atoms with Gasteiger partial charge in [0.1, 0.15) is 0 Å². The Morgan fingerprint density at radius 1 is 1.12 bits per heavy atom. The van der Waals surface area contributed by atoms with Gasteiger partial charge in [-0.3, -0.25) is 9.59 Å². The maximum absolute atomic E-state index is 12.8. The zero-order chi connectivity index (χ0) is 19.5. The molecule has 0 aliphatic carbocycles. The molecular formula is C18H24F3N3O2. The van der Waals surface area contributed by atoms with Crippen molar-refractivity contribution >= 4 is 11.8 Å². The normalized spacial score (nSPS) is 16.7. The molecule has 8 heteroatoms. The van der Waals surface area contributed by atoms with Gasteiger partial charge in [0.15, 0.2) is 0 Å². The van der Waals surface area contributed by atoms with E-state index in [-0.39, 0.29) is 24.6 Å². The highest BCUT2D eigenvalue weighted by molar-refractivity contribution is 5.94. The topological polar surface area (TPSA) is 66.6 Å². The van der Waals surface area contributed by atoms with Crippen LogP contribution in [0.5, 0.6) is 0 Å². The second-order valence-corrected chi connectivity index (χ2v) is 6.93. The third-order valence-corrected chi connectivity index (χ3v) is 4.36. The first kappa shape index (κ1) is 20.2. The fraction of sp³-hybridized carbons (Fsp3) is 0.556. The van der Waals surface area contributed by atoms with E-state index in [9.17, 15) is 22.8 Å². The number of nitrogens with two attached hydrogens (primary N) is 1. The van der Waals surface area contributed by atoms with Crippen molar-refractivity contribution in [2.75, 3.05) is 26.2 Å². The minimum absolute atomic E-state index is 0.00360. The summed E-state index contributed by atoms with van der Waals surface area (Å²) in [7, 11) is 0. The number of piperazine rings is 1. The zero-order valence-electron chi connectivity index (χ0n) is 14.9. The highest BCUT2D eigenvalue weighted by Crippen LogP contribution is 2.29. The first-order chi connectivity index (χ1) is 12.1. The molecule has 0 aromatic heterocycles. The minimum atomic E-state index is -4.49. The van der Waals surface area contributed by atoms with E-state index >= 15 is 0 Å². The third-order valence-electron chi connectivity index (χ3n) is 4.36. The molecule has 26 heavy (non-hydrogen) atoms. The van der Waals surface area contributed by atoms with Crippen LogP contribution in [0, 0.1) is 5.92 Å². The summed E-state index contributed by atoms with van der Waals surface area (Å²) >= 11 is 0. The third kappa shape index (κ3) is 4.97. The predicted octanol–water partition coefficient (Wildman–Crippen LogP) is 2.36. The summed E-state index contributed by atoms with van der Waals surface area (Å²) in [5.41, 5.74) is 5.06. The lowest BCUT2D eigenvalue weighted by Crippen LogP contribution is -2.54. The van der Waals surface area contributed by atoms with Gasteiger partial charge in [0.25, 0.3) is 5.91 Å². The van der Waals surface area contributed by atoms with E-state index < -0.39 is 23.7 Å². The molecule has 144 valence electrons. The van der Waals surface area contributed by atoms with E-state index in [0.717, 1.165) is 12.1 Å². The van der Waals surface area contributed by atoms with E-state index in [0.29, 0.717) is 25.4 Å². The molecule has 2 rings (SSSR count). The second kappa shape index (κ2) is 8.07. The number of hydrogen-bond acceptors (Lipinski definition) is 3. The Labute approximate surface area is 150 Å². The number of carbonyl (C=O) groups excluding carboxylic acids is 2. The molecule has 1 atom stereocenters. The quantitative estimate of drug-likeness (QED) is 0.884. The molecule has 1 heterocycles. The van der Waals surface area contributed by atoms with Crippen LogP contribution in [0.25, 0.3) is 0 Å². The molecule has 0 bridgehead atoms. The molecule has 1 aromatic rings. The van der Waals surface area contributed by atoms with Crippen molar-refractivity contribution in [1.29, 1.82) is 0 Å². The average molecular weight is 371 g/mol. The molecule has 1 aromatic carbocycles. The minimum Gasteiger partial charge on any atom is -0.338 e. The van der Waals surface area contributed by atoms with Crippen LogP contribution in [0.2, 0.25) is 0 Å². The maximum atomic E-state index is 12.8. The molecule has 0 saturated carbocycles. The van der Waals surface area contributed by atoms with Crippen molar-refractivity contribution in [3.8, 4) is 0 Å². The Morgan fingerprint density at radius 3 is 2.23 bits per heavy atom. The number of alkyl halides is 3. The lowest BCUT2D eigenvalue weighted by atomic mass is 10.0. The Kier molecular flexibility index (Phi) is 6.28. The number of nitrogens with zero attached hydrogens (tertiary/aromatic N) is 2. The smallest absolute Gasteiger partial charge is 0.338 e. The van der Waals surface area contributed by atoms with Gasteiger partial charge < -0.3 is 15.5 Å². The van der Waals surface area contributed by atoms with Gasteiger partial charge in [-0.05, 0) is 30.5 Å². The van der Waals surface area contributed by atoms with Crippen LogP contribution < -0.4 is 5.73 Å². The van der Waals surface area contributed by atoms with Gasteiger partial charge in [-0.1, -0.05) is 19.9 Å². The lowest BCUT2D eigenvalue weighted by Gasteiger charge is -2.36. The van der Waals surface area contributed by atoms with Gasteiger partial charge in [-0.2, -0.15) is 13.2 Å². The molecule has 1 fully saturated rings. The summed E-state index contributed by atoms with van der Waals surface area (Å²) in [6.07, 6.45) is -3.91. The Bertz CT molecular complexity index is 653. The van der Waals surface area contributed by atoms with Crippen molar-refractivity contribution < 1.29 is 22.8 Å². The molecule has 2 amide bonds. The first-order valence-electron chi connectivity index (χ1n) is 8.60. The fourth-order valence-electron chi connectivity index (χ4n) is 2.98. The highest BCUT2D eigenvalue weighted by atomic mass is 19.4. The van der Waals surface area contributed by atoms with Gasteiger partial charge in [0.2, 0.25) is 5.91 Å². The summed E-state index contributed by atoms with van der Waals surface area (Å²) in [4.78, 5) is 27.9. The van der Waals surface area contributed by atoms with Crippen LogP contribution in [0.15, 0.2) is 24.3 Å². The van der Waals surface area contributed by atoms with E-state index in [2.05, 4.69) is 0 Å². The van der Waals surface area contributed by atoms with Gasteiger partial charge in [-0.25, -0.2) is 0 Å². The van der Waals surface area contributed by atoms with Crippen LogP contribution >= 0.6 is 0 Å². The molecule has 0 spiro atoms. The Balaban J connectivity index is 1.97. The fourth-order valence-corrected chi connectivity index (χ4v) is 2.98. The van der Waals surface area contributed by atoms with E-state index in [1.807, 2.05) is 13.8 Å². The van der Waals surface area contributed by atoms with Crippen molar-refractivity contribution in [3.63, 3.8) is 0 Å². The molecule has 1 aliphatic rings. The second-order valence-electron chi connectivity index (χ2n) is 6.93. The number of benzene rings is 1. The molecular weight excluding hydrogens is 347 g/mol. The summed E-state index contributed by atoms with van der Waals surface area (Å²) in [6, 6.07) is 3.82. The standard InChI is InChI=1S/C18H24F3N3O2/c1-12(2)10-15(22)17(26)24-8-6-23(7-9-24)16(25)13-4-3-5-14(11-13)18(19,20)21/h3-5,11-12,15H,6-10,22H2,1-2H3/t15-/m0/s1. The summed E-state index contributed by atoms with van der Waals surface area (Å²) < 4.78 is 38.4. The number of carbonyl (C=O) groups is 2. The van der Waals surface area contributed by atoms with Crippen LogP contribution in [-0.4, -0.2) is 53.8 Å². The summed E-state index contributed by atoms with van der Waals surface area (Å²) in [5, 5.41) is 0. The van der Waals surface area contributed by atoms with Crippen LogP contribution in [0.4, 0.5) is 13.2 Å². The van der Waals surface area contributed by atoms with Gasteiger partial charge in [0.05, 0.1) is 11.6 Å². The SMILES string of the molecule is CC(C)C[C@H](N)C(=O)N1CCN(C(=O)c2cccc(C(F)(F)F)c2)CC1. The predicted molar refractivity (Wildman–Crippen MR) is 91.4 cm³/mol. The summed E-state index contributed by atoms with van der Waals surface area (Å²) in [6.45, 7) is 5.17. The molecule has 5 nitrogen and oxygen atoms in total. The van der Waals surface area contributed by atoms with Crippen LogP contribution in [0.1, 0.15) is 36.2 Å². The van der Waals surface area contributed by atoms with Crippen molar-refractivity contribution in [1.82, 2.24) is 9.80 Å². The van der Waals surface area contributed by atoms with Gasteiger partial charge in [-0.15, -0.1) is 0 Å². The monoisotopic (exact) mass is 371 g/mol. The Hall–Kier alpha value is -2.09. The van der Waals surface area contributed by atoms with E-state index in [1.54, 1.807) is 4.90 Å². The number of halogens is 3. The van der Waals surface area contributed by atoms with E-state index in [1.165, 1.54) is 17.0 Å². The highest BCUT2D eigenvalue weighted by Gasteiger charge is 2.32. The van der Waals surface area contributed by atoms with Gasteiger partial charge in [0, 0.05) is 31.7 Å². The molecule has 1 aliphatic heterocycles. The number of rotatable bonds is 4. The lowest BCUT2D eigenvalue weighted by molar-refractivity contribution is -0.137. The van der Waals surface area contributed by atoms with Gasteiger partial charge >= 0.3 is 6.18 Å². The van der Waals surface area contributed by atoms with Crippen molar-refractivity contribution in [2.24, 2.45) is 11.7 Å². The largest absolute Gasteiger partial charge is 0.416 e. The first-order valence-corrected chi connectivity index (χ1v) is 8.60. The van der Waals surface area contributed by atoms with Crippen molar-refractivity contribution in [3.05, 3.63) is 35.4 Å². The molecule has 0 unspecified atom stereocenters. The van der Waals surface area contributed by atoms with Crippen LogP contribution in [-0.2, 0) is 11.0 Å². The molecule has 1 saturated heterocycles. The zero-order valence-corrected chi connectivity index (χ0v) is 14.9. The molecule has 0 radical (unpaired) electrons. The number of amides is 2. The summed E-state index contributed by atoms with van der Waals surface area (Å²) in [5.74, 6) is -0.308. The Morgan fingerprint density at radius 2 is 1.69 bits per heavy atom. The van der Waals surface area contributed by atoms with Crippen molar-refractivity contribution in [2.45, 2.75) is 32.5 Å². The molecule has 2 N–H and O–H groups in total. The number of hydrogen-bond donors (Lipinski definition) is 1. The van der Waals surface area contributed by atoms with Crippen LogP contribution in [0.3, 0.4) is 0 Å². The average Bonchev–Trinajstić information content (AvgIpc) is 2.59. The maximum Gasteiger partial charge on any atom is 0.416 e. The van der Waals surface area contributed by atoms with E-state index in [4.69, 9.17) is 5.73 Å².